The lowest BCUT2D eigenvalue weighted by atomic mass is 10.1. The van der Waals surface area contributed by atoms with Crippen LogP contribution in [0.2, 0.25) is 0 Å². The lowest BCUT2D eigenvalue weighted by molar-refractivity contribution is 0.0978. The Labute approximate surface area is 91.0 Å². The van der Waals surface area contributed by atoms with Gasteiger partial charge in [0.15, 0.2) is 5.78 Å². The van der Waals surface area contributed by atoms with Gasteiger partial charge in [-0.3, -0.25) is 4.79 Å². The van der Waals surface area contributed by atoms with Gasteiger partial charge in [-0.25, -0.2) is 0 Å². The molecule has 2 nitrogen and oxygen atoms in total. The third-order valence-electron chi connectivity index (χ3n) is 2.36. The van der Waals surface area contributed by atoms with E-state index in [-0.39, 0.29) is 5.78 Å². The predicted octanol–water partition coefficient (Wildman–Crippen LogP) is 3.91. The summed E-state index contributed by atoms with van der Waals surface area (Å²) in [5, 5.41) is 0. The number of aryl methyl sites for hydroxylation is 1. The van der Waals surface area contributed by atoms with E-state index in [1.807, 2.05) is 13.0 Å². The summed E-state index contributed by atoms with van der Waals surface area (Å²) >= 11 is 0. The molecule has 0 bridgehead atoms. The number of carbonyl (C=O) groups excluding carboxylic acids is 1. The van der Waals surface area contributed by atoms with Crippen LogP contribution in [0, 0.1) is 6.92 Å². The molecule has 0 aromatic carbocycles. The number of ketones is 1. The number of hydrogen-bond acceptors (Lipinski definition) is 2. The molecule has 0 spiro atoms. The zero-order chi connectivity index (χ0) is 11.1. The van der Waals surface area contributed by atoms with Crippen LogP contribution in [0.25, 0.3) is 0 Å². The van der Waals surface area contributed by atoms with Gasteiger partial charge in [-0.05, 0) is 32.3 Å². The van der Waals surface area contributed by atoms with Crippen molar-refractivity contribution in [2.75, 3.05) is 0 Å². The molecule has 0 atom stereocenters. The molecule has 0 N–H and O–H groups in total. The minimum absolute atomic E-state index is 0.186. The van der Waals surface area contributed by atoms with Crippen LogP contribution in [-0.2, 0) is 0 Å². The van der Waals surface area contributed by atoms with Crippen LogP contribution in [0.15, 0.2) is 29.4 Å². The van der Waals surface area contributed by atoms with Gasteiger partial charge in [-0.2, -0.15) is 0 Å². The first kappa shape index (κ1) is 11.8. The monoisotopic (exact) mass is 206 g/mol. The van der Waals surface area contributed by atoms with Gasteiger partial charge < -0.3 is 4.42 Å². The Hall–Kier alpha value is -1.31. The van der Waals surface area contributed by atoms with Crippen LogP contribution in [0.1, 0.15) is 48.2 Å². The smallest absolute Gasteiger partial charge is 0.166 e. The highest BCUT2D eigenvalue weighted by Crippen LogP contribution is 2.12. The van der Waals surface area contributed by atoms with Crippen molar-refractivity contribution in [3.63, 3.8) is 0 Å². The highest BCUT2D eigenvalue weighted by atomic mass is 16.3. The van der Waals surface area contributed by atoms with Gasteiger partial charge >= 0.3 is 0 Å². The van der Waals surface area contributed by atoms with Crippen LogP contribution >= 0.6 is 0 Å². The molecule has 0 saturated carbocycles. The van der Waals surface area contributed by atoms with Gasteiger partial charge in [0.1, 0.15) is 12.0 Å². The van der Waals surface area contributed by atoms with Gasteiger partial charge in [0.25, 0.3) is 0 Å². The summed E-state index contributed by atoms with van der Waals surface area (Å²) in [5.74, 6) is 0.982. The normalized spacial score (nSPS) is 10.2. The minimum Gasteiger partial charge on any atom is -0.469 e. The Balaban J connectivity index is 2.22. The van der Waals surface area contributed by atoms with Crippen molar-refractivity contribution in [2.45, 2.75) is 39.0 Å². The van der Waals surface area contributed by atoms with Crippen LogP contribution in [0.5, 0.6) is 0 Å². The molecule has 0 saturated heterocycles. The van der Waals surface area contributed by atoms with E-state index in [4.69, 9.17) is 4.42 Å². The van der Waals surface area contributed by atoms with Crippen LogP contribution in [0.4, 0.5) is 0 Å². The lowest BCUT2D eigenvalue weighted by Gasteiger charge is -1.97. The highest BCUT2D eigenvalue weighted by Gasteiger charge is 2.07. The van der Waals surface area contributed by atoms with E-state index in [2.05, 4.69) is 6.58 Å². The van der Waals surface area contributed by atoms with Crippen molar-refractivity contribution < 1.29 is 9.21 Å². The second-order valence-electron chi connectivity index (χ2n) is 3.76. The van der Waals surface area contributed by atoms with Crippen molar-refractivity contribution >= 4 is 5.78 Å². The summed E-state index contributed by atoms with van der Waals surface area (Å²) in [4.78, 5) is 11.6. The average molecular weight is 206 g/mol. The van der Waals surface area contributed by atoms with Crippen LogP contribution < -0.4 is 0 Å². The molecule has 0 aliphatic carbocycles. The minimum atomic E-state index is 0.186. The number of hydrogen-bond donors (Lipinski definition) is 0. The van der Waals surface area contributed by atoms with Gasteiger partial charge in [0.05, 0.1) is 5.56 Å². The molecule has 0 radical (unpaired) electrons. The third kappa shape index (κ3) is 4.15. The van der Waals surface area contributed by atoms with Gasteiger partial charge in [-0.1, -0.05) is 12.5 Å². The number of rotatable bonds is 7. The second kappa shape index (κ2) is 6.23. The zero-order valence-corrected chi connectivity index (χ0v) is 9.29. The molecule has 1 aromatic heterocycles. The molecule has 0 amide bonds. The molecule has 0 aliphatic heterocycles. The van der Waals surface area contributed by atoms with E-state index >= 15 is 0 Å². The quantitative estimate of drug-likeness (QED) is 0.384. The molecule has 82 valence electrons. The molecule has 1 heterocycles. The maximum Gasteiger partial charge on any atom is 0.166 e. The Morgan fingerprint density at radius 2 is 2.27 bits per heavy atom. The molecular formula is C13H18O2. The van der Waals surface area contributed by atoms with Crippen molar-refractivity contribution in [3.8, 4) is 0 Å². The number of carbonyl (C=O) groups is 1. The topological polar surface area (TPSA) is 30.2 Å². The fourth-order valence-corrected chi connectivity index (χ4v) is 1.49. The highest BCUT2D eigenvalue weighted by molar-refractivity contribution is 5.95. The molecule has 15 heavy (non-hydrogen) atoms. The van der Waals surface area contributed by atoms with Crippen molar-refractivity contribution in [2.24, 2.45) is 0 Å². The number of unbranched alkanes of at least 4 members (excludes halogenated alkanes) is 3. The summed E-state index contributed by atoms with van der Waals surface area (Å²) < 4.78 is 5.10. The van der Waals surface area contributed by atoms with Gasteiger partial charge in [0.2, 0.25) is 0 Å². The van der Waals surface area contributed by atoms with E-state index in [0.29, 0.717) is 12.0 Å². The average Bonchev–Trinajstić information content (AvgIpc) is 2.64. The van der Waals surface area contributed by atoms with Gasteiger partial charge in [0, 0.05) is 6.42 Å². The fourth-order valence-electron chi connectivity index (χ4n) is 1.49. The van der Waals surface area contributed by atoms with Crippen molar-refractivity contribution in [1.82, 2.24) is 0 Å². The molecule has 2 heteroatoms. The molecule has 0 aliphatic rings. The van der Waals surface area contributed by atoms with Crippen LogP contribution in [-0.4, -0.2) is 5.78 Å². The van der Waals surface area contributed by atoms with Crippen LogP contribution in [0.3, 0.4) is 0 Å². The van der Waals surface area contributed by atoms with Crippen molar-refractivity contribution in [3.05, 3.63) is 36.3 Å². The molecule has 0 fully saturated rings. The molecule has 1 rings (SSSR count). The second-order valence-corrected chi connectivity index (χ2v) is 3.76. The number of furan rings is 1. The van der Waals surface area contributed by atoms with E-state index in [1.165, 1.54) is 0 Å². The summed E-state index contributed by atoms with van der Waals surface area (Å²) in [7, 11) is 0. The first-order chi connectivity index (χ1) is 7.24. The zero-order valence-electron chi connectivity index (χ0n) is 9.29. The third-order valence-corrected chi connectivity index (χ3v) is 2.36. The summed E-state index contributed by atoms with van der Waals surface area (Å²) in [6, 6.07) is 1.80. The van der Waals surface area contributed by atoms with E-state index < -0.39 is 0 Å². The van der Waals surface area contributed by atoms with E-state index in [0.717, 1.165) is 31.4 Å². The predicted molar refractivity (Wildman–Crippen MR) is 61.1 cm³/mol. The summed E-state index contributed by atoms with van der Waals surface area (Å²) in [6.45, 7) is 5.51. The SMILES string of the molecule is C=CCCCCCC(=O)c1coc(C)c1. The summed E-state index contributed by atoms with van der Waals surface area (Å²) in [5.41, 5.74) is 0.705. The first-order valence-electron chi connectivity index (χ1n) is 5.43. The Morgan fingerprint density at radius 1 is 1.47 bits per heavy atom. The Morgan fingerprint density at radius 3 is 2.87 bits per heavy atom. The maximum atomic E-state index is 11.6. The lowest BCUT2D eigenvalue weighted by Crippen LogP contribution is -1.96. The van der Waals surface area contributed by atoms with E-state index in [9.17, 15) is 4.79 Å². The van der Waals surface area contributed by atoms with Gasteiger partial charge in [-0.15, -0.1) is 6.58 Å². The number of allylic oxidation sites excluding steroid dienone is 1. The molecular weight excluding hydrogens is 188 g/mol. The first-order valence-corrected chi connectivity index (χ1v) is 5.43. The Bertz CT molecular complexity index is 323. The molecule has 0 unspecified atom stereocenters. The van der Waals surface area contributed by atoms with Crippen molar-refractivity contribution in [1.29, 1.82) is 0 Å². The summed E-state index contributed by atoms with van der Waals surface area (Å²) in [6.07, 6.45) is 8.30. The standard InChI is InChI=1S/C13H18O2/c1-3-4-5-6-7-8-13(14)12-9-11(2)15-10-12/h3,9-10H,1,4-8H2,2H3. The maximum absolute atomic E-state index is 11.6. The largest absolute Gasteiger partial charge is 0.469 e. The molecule has 1 aromatic rings. The Kier molecular flexibility index (Phi) is 4.88. The number of Topliss-reactive ketones (excluding diaryl/α,β-unsaturated/α-hetero) is 1. The van der Waals surface area contributed by atoms with E-state index in [1.54, 1.807) is 12.3 Å². The fraction of sp³-hybridized carbons (Fsp3) is 0.462.